The molecule has 0 atom stereocenters. The third kappa shape index (κ3) is 7.88. The molecule has 0 unspecified atom stereocenters. The zero-order valence-electron chi connectivity index (χ0n) is 18.3. The van der Waals surface area contributed by atoms with E-state index in [0.717, 1.165) is 37.5 Å². The molecule has 0 radical (unpaired) electrons. The van der Waals surface area contributed by atoms with Crippen molar-refractivity contribution in [3.05, 3.63) is 47.3 Å². The Bertz CT molecular complexity index is 836. The normalized spacial score (nSPS) is 14.5. The molecule has 31 heavy (non-hydrogen) atoms. The van der Waals surface area contributed by atoms with Crippen molar-refractivity contribution in [2.45, 2.75) is 25.4 Å². The zero-order chi connectivity index (χ0) is 21.3. The third-order valence-corrected chi connectivity index (χ3v) is 6.03. The van der Waals surface area contributed by atoms with Crippen LogP contribution in [0.4, 0.5) is 5.00 Å². The van der Waals surface area contributed by atoms with Crippen LogP contribution < -0.4 is 20.3 Å². The van der Waals surface area contributed by atoms with Crippen molar-refractivity contribution in [1.82, 2.24) is 15.5 Å². The molecule has 2 aromatic rings. The van der Waals surface area contributed by atoms with E-state index in [1.54, 1.807) is 32.5 Å². The van der Waals surface area contributed by atoms with Crippen molar-refractivity contribution in [1.29, 1.82) is 0 Å². The van der Waals surface area contributed by atoms with Gasteiger partial charge in [-0.05, 0) is 48.1 Å². The first-order valence-corrected chi connectivity index (χ1v) is 11.1. The number of nitrogens with zero attached hydrogens (tertiary/aromatic N) is 3. The van der Waals surface area contributed by atoms with Crippen molar-refractivity contribution in [3.8, 4) is 5.75 Å². The predicted octanol–water partition coefficient (Wildman–Crippen LogP) is 3.17. The molecule has 1 amide bonds. The topological polar surface area (TPSA) is 69.2 Å². The SMILES string of the molecule is CN=C(NCc1cccc(OCC(=O)N(C)C)c1)NC1CCN(c2cccs2)CC1.I. The van der Waals surface area contributed by atoms with Crippen molar-refractivity contribution < 1.29 is 9.53 Å². The van der Waals surface area contributed by atoms with Gasteiger partial charge >= 0.3 is 0 Å². The summed E-state index contributed by atoms with van der Waals surface area (Å²) in [6.07, 6.45) is 2.17. The zero-order valence-corrected chi connectivity index (χ0v) is 21.5. The summed E-state index contributed by atoms with van der Waals surface area (Å²) in [6.45, 7) is 2.78. The number of benzene rings is 1. The first kappa shape index (κ1) is 25.3. The average molecular weight is 558 g/mol. The number of anilines is 1. The molecular formula is C22H32IN5O2S. The summed E-state index contributed by atoms with van der Waals surface area (Å²) >= 11 is 1.80. The number of ether oxygens (including phenoxy) is 1. The molecule has 1 aliphatic rings. The molecule has 170 valence electrons. The van der Waals surface area contributed by atoms with E-state index in [1.807, 2.05) is 24.3 Å². The number of likely N-dealkylation sites (N-methyl/N-ethyl adjacent to an activating group) is 1. The van der Waals surface area contributed by atoms with Gasteiger partial charge in [-0.2, -0.15) is 0 Å². The molecule has 0 aliphatic carbocycles. The molecule has 1 aliphatic heterocycles. The molecule has 9 heteroatoms. The number of amides is 1. The summed E-state index contributed by atoms with van der Waals surface area (Å²) < 4.78 is 5.60. The van der Waals surface area contributed by atoms with Crippen molar-refractivity contribution in [2.24, 2.45) is 4.99 Å². The van der Waals surface area contributed by atoms with Crippen LogP contribution in [-0.2, 0) is 11.3 Å². The van der Waals surface area contributed by atoms with Crippen LogP contribution in [0.15, 0.2) is 46.8 Å². The standard InChI is InChI=1S/C22H31N5O2S.HI/c1-23-22(25-18-9-11-27(12-10-18)21-8-5-13-30-21)24-15-17-6-4-7-19(14-17)29-16-20(28)26(2)3;/h4-8,13-14,18H,9-12,15-16H2,1-3H3,(H2,23,24,25);1H. The highest BCUT2D eigenvalue weighted by atomic mass is 127. The Morgan fingerprint density at radius 1 is 1.26 bits per heavy atom. The largest absolute Gasteiger partial charge is 0.484 e. The second-order valence-electron chi connectivity index (χ2n) is 7.51. The van der Waals surface area contributed by atoms with E-state index in [4.69, 9.17) is 4.74 Å². The second kappa shape index (κ2) is 12.7. The Morgan fingerprint density at radius 2 is 2.03 bits per heavy atom. The molecule has 1 fully saturated rings. The number of carbonyl (C=O) groups excluding carboxylic acids is 1. The fourth-order valence-electron chi connectivity index (χ4n) is 3.29. The molecule has 2 heterocycles. The Balaban J connectivity index is 0.00000341. The third-order valence-electron chi connectivity index (χ3n) is 5.10. The van der Waals surface area contributed by atoms with Gasteiger partial charge in [0.1, 0.15) is 5.75 Å². The number of thiophene rings is 1. The van der Waals surface area contributed by atoms with E-state index < -0.39 is 0 Å². The smallest absolute Gasteiger partial charge is 0.259 e. The van der Waals surface area contributed by atoms with E-state index in [-0.39, 0.29) is 36.5 Å². The molecule has 7 nitrogen and oxygen atoms in total. The summed E-state index contributed by atoms with van der Waals surface area (Å²) in [6, 6.07) is 12.5. The molecule has 3 rings (SSSR count). The molecule has 0 spiro atoms. The lowest BCUT2D eigenvalue weighted by Crippen LogP contribution is -2.48. The van der Waals surface area contributed by atoms with E-state index in [1.165, 1.54) is 9.90 Å². The van der Waals surface area contributed by atoms with Gasteiger partial charge < -0.3 is 25.2 Å². The van der Waals surface area contributed by atoms with Crippen LogP contribution in [0.5, 0.6) is 5.75 Å². The summed E-state index contributed by atoms with van der Waals surface area (Å²) in [5, 5.41) is 10.4. The van der Waals surface area contributed by atoms with Crippen LogP contribution in [0.25, 0.3) is 0 Å². The monoisotopic (exact) mass is 557 g/mol. The number of hydrogen-bond acceptors (Lipinski definition) is 5. The highest BCUT2D eigenvalue weighted by molar-refractivity contribution is 14.0. The maximum absolute atomic E-state index is 11.7. The first-order valence-electron chi connectivity index (χ1n) is 10.2. The summed E-state index contributed by atoms with van der Waals surface area (Å²) in [4.78, 5) is 20.0. The Hall–Kier alpha value is -2.01. The molecule has 1 aromatic carbocycles. The number of carbonyl (C=O) groups is 1. The van der Waals surface area contributed by atoms with Gasteiger partial charge in [-0.15, -0.1) is 35.3 Å². The second-order valence-corrected chi connectivity index (χ2v) is 8.43. The van der Waals surface area contributed by atoms with Gasteiger partial charge in [-0.25, -0.2) is 0 Å². The quantitative estimate of drug-likeness (QED) is 0.311. The number of halogens is 1. The minimum atomic E-state index is -0.0618. The van der Waals surface area contributed by atoms with Crippen LogP contribution >= 0.6 is 35.3 Å². The minimum absolute atomic E-state index is 0. The number of nitrogens with one attached hydrogen (secondary N) is 2. The van der Waals surface area contributed by atoms with Gasteiger partial charge in [0.2, 0.25) is 0 Å². The number of rotatable bonds is 7. The highest BCUT2D eigenvalue weighted by Gasteiger charge is 2.20. The number of piperidine rings is 1. The minimum Gasteiger partial charge on any atom is -0.484 e. The lowest BCUT2D eigenvalue weighted by Gasteiger charge is -2.33. The molecule has 2 N–H and O–H groups in total. The molecule has 1 aromatic heterocycles. The molecular weight excluding hydrogens is 525 g/mol. The summed E-state index contributed by atoms with van der Waals surface area (Å²) in [5.74, 6) is 1.43. The van der Waals surface area contributed by atoms with E-state index >= 15 is 0 Å². The molecule has 0 bridgehead atoms. The lowest BCUT2D eigenvalue weighted by atomic mass is 10.1. The van der Waals surface area contributed by atoms with Crippen molar-refractivity contribution in [3.63, 3.8) is 0 Å². The van der Waals surface area contributed by atoms with E-state index in [9.17, 15) is 4.79 Å². The van der Waals surface area contributed by atoms with Gasteiger partial charge in [0.05, 0.1) is 5.00 Å². The highest BCUT2D eigenvalue weighted by Crippen LogP contribution is 2.24. The van der Waals surface area contributed by atoms with Gasteiger partial charge in [0.25, 0.3) is 5.91 Å². The summed E-state index contributed by atoms with van der Waals surface area (Å²) in [5.41, 5.74) is 1.07. The van der Waals surface area contributed by atoms with Gasteiger partial charge in [-0.1, -0.05) is 12.1 Å². The number of hydrogen-bond donors (Lipinski definition) is 2. The number of aliphatic imine (C=N–C) groups is 1. The van der Waals surface area contributed by atoms with Crippen LogP contribution in [0.1, 0.15) is 18.4 Å². The van der Waals surface area contributed by atoms with Crippen molar-refractivity contribution in [2.75, 3.05) is 45.7 Å². The Morgan fingerprint density at radius 3 is 2.68 bits per heavy atom. The van der Waals surface area contributed by atoms with Crippen LogP contribution in [0, 0.1) is 0 Å². The summed E-state index contributed by atoms with van der Waals surface area (Å²) in [7, 11) is 5.23. The van der Waals surface area contributed by atoms with Crippen molar-refractivity contribution >= 4 is 52.2 Å². The van der Waals surface area contributed by atoms with Gasteiger partial charge in [0.15, 0.2) is 12.6 Å². The maximum atomic E-state index is 11.7. The number of guanidine groups is 1. The molecule has 0 saturated carbocycles. The van der Waals surface area contributed by atoms with E-state index in [0.29, 0.717) is 18.3 Å². The average Bonchev–Trinajstić information content (AvgIpc) is 3.30. The van der Waals surface area contributed by atoms with Gasteiger partial charge in [-0.3, -0.25) is 9.79 Å². The lowest BCUT2D eigenvalue weighted by molar-refractivity contribution is -0.130. The maximum Gasteiger partial charge on any atom is 0.259 e. The van der Waals surface area contributed by atoms with Crippen LogP contribution in [0.3, 0.4) is 0 Å². The fraction of sp³-hybridized carbons (Fsp3) is 0.455. The van der Waals surface area contributed by atoms with Gasteiger partial charge in [0, 0.05) is 46.8 Å². The van der Waals surface area contributed by atoms with Crippen LogP contribution in [-0.4, -0.2) is 63.6 Å². The predicted molar refractivity (Wildman–Crippen MR) is 139 cm³/mol. The van der Waals surface area contributed by atoms with Crippen LogP contribution in [0.2, 0.25) is 0 Å². The fourth-order valence-corrected chi connectivity index (χ4v) is 4.07. The van der Waals surface area contributed by atoms with E-state index in [2.05, 4.69) is 38.0 Å². The molecule has 1 saturated heterocycles. The first-order chi connectivity index (χ1) is 14.5. The Kier molecular flexibility index (Phi) is 10.4. The Labute approximate surface area is 205 Å².